The lowest BCUT2D eigenvalue weighted by Gasteiger charge is -2.04. The quantitative estimate of drug-likeness (QED) is 0.903. The first-order chi connectivity index (χ1) is 7.84. The summed E-state index contributed by atoms with van der Waals surface area (Å²) in [6.45, 7) is 1.76. The molecule has 0 spiro atoms. The Morgan fingerprint density at radius 3 is 1.89 bits per heavy atom. The van der Waals surface area contributed by atoms with Gasteiger partial charge in [-0.15, -0.1) is 24.8 Å². The fourth-order valence-electron chi connectivity index (χ4n) is 1.45. The summed E-state index contributed by atoms with van der Waals surface area (Å²) in [4.78, 5) is 3.99. The predicted octanol–water partition coefficient (Wildman–Crippen LogP) is 3.98. The van der Waals surface area contributed by atoms with Crippen LogP contribution in [0.4, 0.5) is 0 Å². The van der Waals surface area contributed by atoms with Crippen LogP contribution in [0.25, 0.3) is 0 Å². The van der Waals surface area contributed by atoms with Gasteiger partial charge in [0.15, 0.2) is 0 Å². The first-order valence-corrected chi connectivity index (χ1v) is 5.98. The van der Waals surface area contributed by atoms with Crippen LogP contribution in [0.5, 0.6) is 0 Å². The van der Waals surface area contributed by atoms with E-state index in [-0.39, 0.29) is 24.8 Å². The lowest BCUT2D eigenvalue weighted by molar-refractivity contribution is 0.692. The molecule has 0 radical (unpaired) electrons. The summed E-state index contributed by atoms with van der Waals surface area (Å²) in [5, 5.41) is 3.39. The molecule has 0 fully saturated rings. The maximum Gasteiger partial charge on any atom is 0.0271 e. The molecule has 1 N–H and O–H groups in total. The number of pyridine rings is 1. The molecule has 98 valence electrons. The lowest BCUT2D eigenvalue weighted by atomic mass is 10.2. The summed E-state index contributed by atoms with van der Waals surface area (Å²) in [5.41, 5.74) is 2.55. The zero-order valence-corrected chi connectivity index (χ0v) is 12.9. The number of hydrogen-bond acceptors (Lipinski definition) is 2. The van der Waals surface area contributed by atoms with Crippen molar-refractivity contribution in [2.24, 2.45) is 0 Å². The molecule has 0 atom stereocenters. The standard InChI is InChI=1S/C13H13BrN2.2ClH/c14-13-3-1-11(2-4-13)9-16-10-12-5-7-15-8-6-12;;/h1-8,16H,9-10H2;2*1H. The SMILES string of the molecule is Brc1ccc(CNCc2ccncc2)cc1.Cl.Cl. The van der Waals surface area contributed by atoms with Gasteiger partial charge in [0.25, 0.3) is 0 Å². The molecular formula is C13H15BrCl2N2. The highest BCUT2D eigenvalue weighted by Gasteiger charge is 1.94. The minimum Gasteiger partial charge on any atom is -0.309 e. The number of halogens is 3. The number of nitrogens with zero attached hydrogens (tertiary/aromatic N) is 1. The van der Waals surface area contributed by atoms with E-state index in [0.29, 0.717) is 0 Å². The van der Waals surface area contributed by atoms with Gasteiger partial charge in [-0.25, -0.2) is 0 Å². The number of aromatic nitrogens is 1. The van der Waals surface area contributed by atoms with Gasteiger partial charge in [0.05, 0.1) is 0 Å². The van der Waals surface area contributed by atoms with E-state index in [1.807, 2.05) is 24.5 Å². The van der Waals surface area contributed by atoms with Crippen LogP contribution in [0.1, 0.15) is 11.1 Å². The predicted molar refractivity (Wildman–Crippen MR) is 83.4 cm³/mol. The Hall–Kier alpha value is -0.610. The second-order valence-corrected chi connectivity index (χ2v) is 4.50. The van der Waals surface area contributed by atoms with Crippen molar-refractivity contribution < 1.29 is 0 Å². The van der Waals surface area contributed by atoms with Gasteiger partial charge < -0.3 is 5.32 Å². The molecule has 0 saturated carbocycles. The first kappa shape index (κ1) is 17.4. The third-order valence-corrected chi connectivity index (χ3v) is 2.85. The molecule has 0 aliphatic rings. The Morgan fingerprint density at radius 1 is 0.833 bits per heavy atom. The molecule has 2 rings (SSSR count). The van der Waals surface area contributed by atoms with Crippen molar-refractivity contribution in [3.05, 3.63) is 64.4 Å². The van der Waals surface area contributed by atoms with Crippen LogP contribution in [-0.4, -0.2) is 4.98 Å². The van der Waals surface area contributed by atoms with Crippen molar-refractivity contribution in [3.8, 4) is 0 Å². The lowest BCUT2D eigenvalue weighted by Crippen LogP contribution is -2.12. The van der Waals surface area contributed by atoms with Crippen LogP contribution in [0.3, 0.4) is 0 Å². The van der Waals surface area contributed by atoms with Gasteiger partial charge in [-0.05, 0) is 35.4 Å². The molecule has 0 amide bonds. The Kier molecular flexibility index (Phi) is 9.02. The first-order valence-electron chi connectivity index (χ1n) is 5.18. The van der Waals surface area contributed by atoms with E-state index in [1.165, 1.54) is 11.1 Å². The Balaban J connectivity index is 0.00000144. The highest BCUT2D eigenvalue weighted by atomic mass is 79.9. The van der Waals surface area contributed by atoms with Crippen LogP contribution in [0.15, 0.2) is 53.3 Å². The molecule has 0 saturated heterocycles. The van der Waals surface area contributed by atoms with E-state index in [4.69, 9.17) is 0 Å². The Labute approximate surface area is 128 Å². The topological polar surface area (TPSA) is 24.9 Å². The average molecular weight is 350 g/mol. The van der Waals surface area contributed by atoms with Crippen molar-refractivity contribution >= 4 is 40.7 Å². The third kappa shape index (κ3) is 5.83. The van der Waals surface area contributed by atoms with E-state index in [0.717, 1.165) is 17.6 Å². The molecule has 2 aromatic rings. The number of rotatable bonds is 4. The van der Waals surface area contributed by atoms with Crippen molar-refractivity contribution in [2.75, 3.05) is 0 Å². The number of benzene rings is 1. The summed E-state index contributed by atoms with van der Waals surface area (Å²) in [6.07, 6.45) is 3.63. The van der Waals surface area contributed by atoms with Crippen molar-refractivity contribution in [1.29, 1.82) is 0 Å². The molecule has 18 heavy (non-hydrogen) atoms. The highest BCUT2D eigenvalue weighted by Crippen LogP contribution is 2.10. The fraction of sp³-hybridized carbons (Fsp3) is 0.154. The molecule has 0 aliphatic heterocycles. The van der Waals surface area contributed by atoms with Crippen molar-refractivity contribution in [2.45, 2.75) is 13.1 Å². The van der Waals surface area contributed by atoms with Gasteiger partial charge in [0.1, 0.15) is 0 Å². The Morgan fingerprint density at radius 2 is 1.33 bits per heavy atom. The van der Waals surface area contributed by atoms with E-state index < -0.39 is 0 Å². The molecule has 1 aromatic carbocycles. The zero-order chi connectivity index (χ0) is 11.2. The molecule has 5 heteroatoms. The molecular weight excluding hydrogens is 335 g/mol. The van der Waals surface area contributed by atoms with Crippen LogP contribution in [0, 0.1) is 0 Å². The Bertz CT molecular complexity index is 435. The van der Waals surface area contributed by atoms with E-state index in [2.05, 4.69) is 50.5 Å². The van der Waals surface area contributed by atoms with Crippen LogP contribution in [0.2, 0.25) is 0 Å². The fourth-order valence-corrected chi connectivity index (χ4v) is 1.72. The second kappa shape index (κ2) is 9.34. The van der Waals surface area contributed by atoms with E-state index >= 15 is 0 Å². The van der Waals surface area contributed by atoms with Gasteiger partial charge in [-0.3, -0.25) is 4.98 Å². The van der Waals surface area contributed by atoms with Gasteiger partial charge in [-0.1, -0.05) is 28.1 Å². The summed E-state index contributed by atoms with van der Waals surface area (Å²) in [7, 11) is 0. The maximum atomic E-state index is 3.99. The van der Waals surface area contributed by atoms with Gasteiger partial charge in [0, 0.05) is 30.0 Å². The minimum absolute atomic E-state index is 0. The molecule has 2 nitrogen and oxygen atoms in total. The minimum atomic E-state index is 0. The molecule has 0 aliphatic carbocycles. The van der Waals surface area contributed by atoms with E-state index in [1.54, 1.807) is 0 Å². The highest BCUT2D eigenvalue weighted by molar-refractivity contribution is 9.10. The van der Waals surface area contributed by atoms with Gasteiger partial charge in [-0.2, -0.15) is 0 Å². The van der Waals surface area contributed by atoms with E-state index in [9.17, 15) is 0 Å². The van der Waals surface area contributed by atoms with Gasteiger partial charge in [0.2, 0.25) is 0 Å². The third-order valence-electron chi connectivity index (χ3n) is 2.32. The number of hydrogen-bond donors (Lipinski definition) is 1. The van der Waals surface area contributed by atoms with Crippen LogP contribution >= 0.6 is 40.7 Å². The van der Waals surface area contributed by atoms with Crippen molar-refractivity contribution in [1.82, 2.24) is 10.3 Å². The van der Waals surface area contributed by atoms with Crippen molar-refractivity contribution in [3.63, 3.8) is 0 Å². The maximum absolute atomic E-state index is 3.99. The molecule has 1 heterocycles. The van der Waals surface area contributed by atoms with Crippen LogP contribution in [-0.2, 0) is 13.1 Å². The molecule has 0 bridgehead atoms. The smallest absolute Gasteiger partial charge is 0.0271 e. The monoisotopic (exact) mass is 348 g/mol. The average Bonchev–Trinajstić information content (AvgIpc) is 2.33. The van der Waals surface area contributed by atoms with Gasteiger partial charge >= 0.3 is 0 Å². The summed E-state index contributed by atoms with van der Waals surface area (Å²) in [5.74, 6) is 0. The molecule has 1 aromatic heterocycles. The zero-order valence-electron chi connectivity index (χ0n) is 9.67. The molecule has 0 unspecified atom stereocenters. The largest absolute Gasteiger partial charge is 0.309 e. The summed E-state index contributed by atoms with van der Waals surface area (Å²) >= 11 is 3.42. The second-order valence-electron chi connectivity index (χ2n) is 3.59. The summed E-state index contributed by atoms with van der Waals surface area (Å²) in [6, 6.07) is 12.4. The van der Waals surface area contributed by atoms with Crippen LogP contribution < -0.4 is 5.32 Å². The summed E-state index contributed by atoms with van der Waals surface area (Å²) < 4.78 is 1.12. The normalized spacial score (nSPS) is 9.17. The number of nitrogens with one attached hydrogen (secondary N) is 1.